The third-order valence-corrected chi connectivity index (χ3v) is 3.50. The molecule has 0 saturated heterocycles. The third-order valence-electron chi connectivity index (χ3n) is 3.50. The van der Waals surface area contributed by atoms with Crippen molar-refractivity contribution in [2.45, 2.75) is 13.5 Å². The minimum atomic E-state index is -0.357. The van der Waals surface area contributed by atoms with Gasteiger partial charge in [0.1, 0.15) is 5.56 Å². The standard InChI is InChI=1S/C18H17N3O3/c1-2-23-15-5-3-4-13-10-14(17(19)24-16(13)15)18(22)21-11-12-6-8-20-9-7-12/h3-10,19H,2,11H2,1H3,(H,21,22). The maximum absolute atomic E-state index is 12.4. The van der Waals surface area contributed by atoms with Crippen molar-refractivity contribution in [1.82, 2.24) is 10.3 Å². The number of benzene rings is 1. The van der Waals surface area contributed by atoms with Crippen molar-refractivity contribution in [2.75, 3.05) is 6.61 Å². The van der Waals surface area contributed by atoms with E-state index in [4.69, 9.17) is 14.6 Å². The van der Waals surface area contributed by atoms with Crippen LogP contribution in [0, 0.1) is 5.41 Å². The van der Waals surface area contributed by atoms with Crippen molar-refractivity contribution in [3.63, 3.8) is 0 Å². The van der Waals surface area contributed by atoms with E-state index in [0.29, 0.717) is 29.9 Å². The Morgan fingerprint density at radius 1 is 1.29 bits per heavy atom. The molecule has 1 aromatic carbocycles. The van der Waals surface area contributed by atoms with E-state index < -0.39 is 0 Å². The van der Waals surface area contributed by atoms with Crippen LogP contribution in [0.4, 0.5) is 0 Å². The molecule has 0 aliphatic carbocycles. The first-order valence-corrected chi connectivity index (χ1v) is 7.60. The number of ether oxygens (including phenoxy) is 1. The molecule has 3 rings (SSSR count). The molecule has 122 valence electrons. The molecule has 0 atom stereocenters. The molecule has 2 aromatic heterocycles. The molecule has 6 heteroatoms. The molecule has 6 nitrogen and oxygen atoms in total. The summed E-state index contributed by atoms with van der Waals surface area (Å²) in [6, 6.07) is 10.7. The quantitative estimate of drug-likeness (QED) is 0.755. The van der Waals surface area contributed by atoms with Crippen molar-refractivity contribution < 1.29 is 13.9 Å². The first-order valence-electron chi connectivity index (χ1n) is 7.60. The van der Waals surface area contributed by atoms with Gasteiger partial charge in [0.2, 0.25) is 5.55 Å². The number of carbonyl (C=O) groups is 1. The molecule has 0 aliphatic rings. The van der Waals surface area contributed by atoms with Gasteiger partial charge in [-0.25, -0.2) is 0 Å². The molecule has 0 aliphatic heterocycles. The van der Waals surface area contributed by atoms with Crippen LogP contribution in [0.1, 0.15) is 22.8 Å². The summed E-state index contributed by atoms with van der Waals surface area (Å²) in [5.74, 6) is 0.205. The minimum Gasteiger partial charge on any atom is -0.490 e. The summed E-state index contributed by atoms with van der Waals surface area (Å²) < 4.78 is 11.0. The summed E-state index contributed by atoms with van der Waals surface area (Å²) in [7, 11) is 0. The van der Waals surface area contributed by atoms with Crippen LogP contribution >= 0.6 is 0 Å². The number of fused-ring (bicyclic) bond motifs is 1. The lowest BCUT2D eigenvalue weighted by Crippen LogP contribution is -2.27. The highest BCUT2D eigenvalue weighted by Crippen LogP contribution is 2.24. The summed E-state index contributed by atoms with van der Waals surface area (Å²) in [6.45, 7) is 2.73. The molecule has 0 fully saturated rings. The Balaban J connectivity index is 1.88. The Morgan fingerprint density at radius 3 is 2.83 bits per heavy atom. The predicted molar refractivity (Wildman–Crippen MR) is 88.6 cm³/mol. The van der Waals surface area contributed by atoms with Crippen LogP contribution in [-0.2, 0) is 6.54 Å². The van der Waals surface area contributed by atoms with E-state index in [1.807, 2.05) is 31.2 Å². The number of pyridine rings is 1. The monoisotopic (exact) mass is 323 g/mol. The maximum Gasteiger partial charge on any atom is 0.257 e. The van der Waals surface area contributed by atoms with Crippen LogP contribution in [-0.4, -0.2) is 17.5 Å². The number of para-hydroxylation sites is 1. The Labute approximate surface area is 138 Å². The lowest BCUT2D eigenvalue weighted by Gasteiger charge is -2.09. The van der Waals surface area contributed by atoms with Crippen LogP contribution in [0.3, 0.4) is 0 Å². The third kappa shape index (κ3) is 3.27. The second-order valence-corrected chi connectivity index (χ2v) is 5.13. The fourth-order valence-corrected chi connectivity index (χ4v) is 2.35. The molecular formula is C18H17N3O3. The van der Waals surface area contributed by atoms with E-state index in [1.54, 1.807) is 24.5 Å². The number of nitrogens with zero attached hydrogens (tertiary/aromatic N) is 1. The fourth-order valence-electron chi connectivity index (χ4n) is 2.35. The van der Waals surface area contributed by atoms with Gasteiger partial charge in [0.25, 0.3) is 5.91 Å². The molecule has 0 bridgehead atoms. The average molecular weight is 323 g/mol. The number of amides is 1. The Morgan fingerprint density at radius 2 is 2.08 bits per heavy atom. The van der Waals surface area contributed by atoms with Crippen LogP contribution in [0.15, 0.2) is 53.2 Å². The molecule has 2 N–H and O–H groups in total. The molecule has 0 spiro atoms. The highest BCUT2D eigenvalue weighted by molar-refractivity contribution is 5.97. The topological polar surface area (TPSA) is 88.2 Å². The molecule has 1 amide bonds. The maximum atomic E-state index is 12.4. The number of aromatic nitrogens is 1. The van der Waals surface area contributed by atoms with Crippen LogP contribution < -0.4 is 15.6 Å². The average Bonchev–Trinajstić information content (AvgIpc) is 2.61. The van der Waals surface area contributed by atoms with Gasteiger partial charge in [-0.1, -0.05) is 12.1 Å². The van der Waals surface area contributed by atoms with Crippen molar-refractivity contribution in [1.29, 1.82) is 5.41 Å². The van der Waals surface area contributed by atoms with E-state index in [0.717, 1.165) is 5.56 Å². The highest BCUT2D eigenvalue weighted by atomic mass is 16.5. The number of hydrogen-bond donors (Lipinski definition) is 2. The summed E-state index contributed by atoms with van der Waals surface area (Å²) in [4.78, 5) is 16.3. The van der Waals surface area contributed by atoms with Gasteiger partial charge >= 0.3 is 0 Å². The molecule has 2 heterocycles. The lowest BCUT2D eigenvalue weighted by atomic mass is 10.1. The largest absolute Gasteiger partial charge is 0.490 e. The zero-order chi connectivity index (χ0) is 16.9. The number of carbonyl (C=O) groups excluding carboxylic acids is 1. The van der Waals surface area contributed by atoms with Gasteiger partial charge < -0.3 is 14.5 Å². The zero-order valence-corrected chi connectivity index (χ0v) is 13.2. The first kappa shape index (κ1) is 15.7. The van der Waals surface area contributed by atoms with Crippen LogP contribution in [0.5, 0.6) is 5.75 Å². The fraction of sp³-hybridized carbons (Fsp3) is 0.167. The van der Waals surface area contributed by atoms with Gasteiger partial charge in [-0.15, -0.1) is 0 Å². The molecule has 0 radical (unpaired) electrons. The summed E-state index contributed by atoms with van der Waals surface area (Å²) in [6.07, 6.45) is 3.33. The van der Waals surface area contributed by atoms with Crippen LogP contribution in [0.25, 0.3) is 11.0 Å². The summed E-state index contributed by atoms with van der Waals surface area (Å²) in [5, 5.41) is 11.5. The SMILES string of the molecule is CCOc1cccc2cc(C(=O)NCc3ccncc3)c(=N)oc12. The van der Waals surface area contributed by atoms with E-state index in [9.17, 15) is 4.79 Å². The van der Waals surface area contributed by atoms with Crippen molar-refractivity contribution in [2.24, 2.45) is 0 Å². The van der Waals surface area contributed by atoms with Gasteiger partial charge in [-0.05, 0) is 36.8 Å². The van der Waals surface area contributed by atoms with Crippen molar-refractivity contribution in [3.8, 4) is 5.75 Å². The molecule has 3 aromatic rings. The molecule has 0 unspecified atom stereocenters. The Kier molecular flexibility index (Phi) is 4.56. The first-order chi connectivity index (χ1) is 11.7. The number of hydrogen-bond acceptors (Lipinski definition) is 5. The smallest absolute Gasteiger partial charge is 0.257 e. The van der Waals surface area contributed by atoms with Gasteiger partial charge in [-0.3, -0.25) is 15.2 Å². The molecular weight excluding hydrogens is 306 g/mol. The minimum absolute atomic E-state index is 0.185. The van der Waals surface area contributed by atoms with Crippen LogP contribution in [0.2, 0.25) is 0 Å². The van der Waals surface area contributed by atoms with E-state index >= 15 is 0 Å². The van der Waals surface area contributed by atoms with Gasteiger partial charge in [0.05, 0.1) is 6.61 Å². The normalized spacial score (nSPS) is 10.5. The van der Waals surface area contributed by atoms with E-state index in [2.05, 4.69) is 10.3 Å². The summed E-state index contributed by atoms with van der Waals surface area (Å²) >= 11 is 0. The Bertz CT molecular complexity index is 920. The second-order valence-electron chi connectivity index (χ2n) is 5.13. The predicted octanol–water partition coefficient (Wildman–Crippen LogP) is 2.64. The van der Waals surface area contributed by atoms with E-state index in [-0.39, 0.29) is 17.0 Å². The van der Waals surface area contributed by atoms with Gasteiger partial charge in [0.15, 0.2) is 11.3 Å². The van der Waals surface area contributed by atoms with Crippen molar-refractivity contribution >= 4 is 16.9 Å². The highest BCUT2D eigenvalue weighted by Gasteiger charge is 2.13. The van der Waals surface area contributed by atoms with Crippen molar-refractivity contribution in [3.05, 3.63) is 65.5 Å². The summed E-state index contributed by atoms with van der Waals surface area (Å²) in [5.41, 5.74) is 1.39. The van der Waals surface area contributed by atoms with Gasteiger partial charge in [0, 0.05) is 24.3 Å². The number of nitrogens with one attached hydrogen (secondary N) is 2. The van der Waals surface area contributed by atoms with Gasteiger partial charge in [-0.2, -0.15) is 0 Å². The lowest BCUT2D eigenvalue weighted by molar-refractivity contribution is 0.0946. The zero-order valence-electron chi connectivity index (χ0n) is 13.2. The van der Waals surface area contributed by atoms with E-state index in [1.165, 1.54) is 0 Å². The number of rotatable bonds is 5. The molecule has 24 heavy (non-hydrogen) atoms. The molecule has 0 saturated carbocycles. The second kappa shape index (κ2) is 6.95. The Hall–Kier alpha value is -3.15.